The zero-order valence-electron chi connectivity index (χ0n) is 9.01. The molecule has 1 rings (SSSR count). The summed E-state index contributed by atoms with van der Waals surface area (Å²) in [6, 6.07) is 5.71. The Hall–Kier alpha value is -0.150. The van der Waals surface area contributed by atoms with E-state index in [-0.39, 0.29) is 0 Å². The molecule has 0 saturated carbocycles. The number of halogens is 2. The molecule has 1 N–H and O–H groups in total. The molecular formula is C12H15Cl2NS. The van der Waals surface area contributed by atoms with Gasteiger partial charge in [-0.1, -0.05) is 35.3 Å². The lowest BCUT2D eigenvalue weighted by Gasteiger charge is -2.05. The molecule has 0 fully saturated rings. The van der Waals surface area contributed by atoms with E-state index in [2.05, 4.69) is 11.9 Å². The third-order valence-electron chi connectivity index (χ3n) is 1.97. The van der Waals surface area contributed by atoms with Crippen LogP contribution in [-0.4, -0.2) is 18.1 Å². The van der Waals surface area contributed by atoms with Gasteiger partial charge in [-0.25, -0.2) is 0 Å². The highest BCUT2D eigenvalue weighted by molar-refractivity contribution is 7.99. The third-order valence-corrected chi connectivity index (χ3v) is 3.68. The van der Waals surface area contributed by atoms with Gasteiger partial charge in [-0.05, 0) is 17.7 Å². The van der Waals surface area contributed by atoms with E-state index in [1.54, 1.807) is 0 Å². The van der Waals surface area contributed by atoms with Crippen molar-refractivity contribution in [1.82, 2.24) is 5.32 Å². The molecule has 4 heteroatoms. The van der Waals surface area contributed by atoms with Gasteiger partial charge in [0, 0.05) is 24.6 Å². The molecule has 0 aromatic heterocycles. The van der Waals surface area contributed by atoms with Gasteiger partial charge in [-0.15, -0.1) is 6.58 Å². The Labute approximate surface area is 111 Å². The number of nitrogens with one attached hydrogen (secondary N) is 1. The summed E-state index contributed by atoms with van der Waals surface area (Å²) >= 11 is 13.6. The van der Waals surface area contributed by atoms with Gasteiger partial charge in [-0.3, -0.25) is 0 Å². The molecule has 0 saturated heterocycles. The van der Waals surface area contributed by atoms with Crippen molar-refractivity contribution in [3.8, 4) is 0 Å². The molecule has 1 aromatic rings. The van der Waals surface area contributed by atoms with E-state index in [4.69, 9.17) is 23.2 Å². The lowest BCUT2D eigenvalue weighted by atomic mass is 10.2. The first-order valence-corrected chi connectivity index (χ1v) is 6.98. The van der Waals surface area contributed by atoms with Crippen molar-refractivity contribution < 1.29 is 0 Å². The first-order valence-electron chi connectivity index (χ1n) is 5.07. The summed E-state index contributed by atoms with van der Waals surface area (Å²) in [7, 11) is 0. The highest BCUT2D eigenvalue weighted by Crippen LogP contribution is 2.22. The van der Waals surface area contributed by atoms with E-state index in [0.717, 1.165) is 30.2 Å². The average Bonchev–Trinajstić information content (AvgIpc) is 2.28. The molecule has 0 aliphatic heterocycles. The second-order valence-electron chi connectivity index (χ2n) is 3.29. The molecule has 0 aliphatic carbocycles. The average molecular weight is 276 g/mol. The molecular weight excluding hydrogens is 261 g/mol. The molecule has 0 heterocycles. The lowest BCUT2D eigenvalue weighted by molar-refractivity contribution is 0.732. The molecule has 0 atom stereocenters. The Kier molecular flexibility index (Phi) is 6.97. The van der Waals surface area contributed by atoms with Crippen molar-refractivity contribution in [3.05, 3.63) is 46.5 Å². The van der Waals surface area contributed by atoms with E-state index in [1.165, 1.54) is 0 Å². The Bertz CT molecular complexity index is 342. The topological polar surface area (TPSA) is 12.0 Å². The maximum atomic E-state index is 5.92. The smallest absolute Gasteiger partial charge is 0.0595 e. The van der Waals surface area contributed by atoms with Crippen molar-refractivity contribution in [3.63, 3.8) is 0 Å². The number of thioether (sulfide) groups is 1. The second kappa shape index (κ2) is 8.02. The largest absolute Gasteiger partial charge is 0.312 e. The highest BCUT2D eigenvalue weighted by Gasteiger charge is 1.98. The van der Waals surface area contributed by atoms with Crippen molar-refractivity contribution >= 4 is 35.0 Å². The number of rotatable bonds is 7. The second-order valence-corrected chi connectivity index (χ2v) is 5.25. The monoisotopic (exact) mass is 275 g/mol. The summed E-state index contributed by atoms with van der Waals surface area (Å²) in [4.78, 5) is 0. The van der Waals surface area contributed by atoms with Gasteiger partial charge in [0.25, 0.3) is 0 Å². The van der Waals surface area contributed by atoms with Crippen LogP contribution in [0.15, 0.2) is 30.9 Å². The van der Waals surface area contributed by atoms with Crippen LogP contribution >= 0.6 is 35.0 Å². The van der Waals surface area contributed by atoms with Crippen LogP contribution in [0.5, 0.6) is 0 Å². The minimum absolute atomic E-state index is 0.604. The standard InChI is InChI=1S/C12H15Cl2NS/c1-2-6-16-7-5-15-9-10-3-4-11(13)12(14)8-10/h2-4,8,15H,1,5-7,9H2. The predicted molar refractivity (Wildman–Crippen MR) is 75.7 cm³/mol. The maximum absolute atomic E-state index is 5.92. The fourth-order valence-electron chi connectivity index (χ4n) is 1.19. The molecule has 0 radical (unpaired) electrons. The van der Waals surface area contributed by atoms with Gasteiger partial charge in [-0.2, -0.15) is 11.8 Å². The molecule has 0 amide bonds. The van der Waals surface area contributed by atoms with Crippen LogP contribution in [0, 0.1) is 0 Å². The molecule has 0 unspecified atom stereocenters. The van der Waals surface area contributed by atoms with Crippen LogP contribution in [0.1, 0.15) is 5.56 Å². The van der Waals surface area contributed by atoms with Crippen LogP contribution in [0.25, 0.3) is 0 Å². The number of hydrogen-bond acceptors (Lipinski definition) is 2. The fraction of sp³-hybridized carbons (Fsp3) is 0.333. The summed E-state index contributed by atoms with van der Waals surface area (Å²) in [5, 5.41) is 4.57. The highest BCUT2D eigenvalue weighted by atomic mass is 35.5. The zero-order valence-corrected chi connectivity index (χ0v) is 11.3. The van der Waals surface area contributed by atoms with Gasteiger partial charge in [0.1, 0.15) is 0 Å². The lowest BCUT2D eigenvalue weighted by Crippen LogP contribution is -2.16. The summed E-state index contributed by atoms with van der Waals surface area (Å²) in [6.45, 7) is 5.49. The van der Waals surface area contributed by atoms with Gasteiger partial charge in [0.2, 0.25) is 0 Å². The molecule has 88 valence electrons. The van der Waals surface area contributed by atoms with E-state index in [9.17, 15) is 0 Å². The quantitative estimate of drug-likeness (QED) is 0.596. The Balaban J connectivity index is 2.21. The molecule has 1 aromatic carbocycles. The molecule has 16 heavy (non-hydrogen) atoms. The van der Waals surface area contributed by atoms with Crippen molar-refractivity contribution in [1.29, 1.82) is 0 Å². The zero-order chi connectivity index (χ0) is 11.8. The van der Waals surface area contributed by atoms with E-state index in [1.807, 2.05) is 36.0 Å². The van der Waals surface area contributed by atoms with Crippen LogP contribution in [0.3, 0.4) is 0 Å². The normalized spacial score (nSPS) is 10.4. The van der Waals surface area contributed by atoms with Crippen LogP contribution < -0.4 is 5.32 Å². The fourth-order valence-corrected chi connectivity index (χ4v) is 2.14. The van der Waals surface area contributed by atoms with Crippen molar-refractivity contribution in [2.75, 3.05) is 18.1 Å². The molecule has 0 spiro atoms. The molecule has 1 nitrogen and oxygen atoms in total. The van der Waals surface area contributed by atoms with Gasteiger partial charge >= 0.3 is 0 Å². The summed E-state index contributed by atoms with van der Waals surface area (Å²) < 4.78 is 0. The maximum Gasteiger partial charge on any atom is 0.0595 e. The van der Waals surface area contributed by atoms with E-state index < -0.39 is 0 Å². The van der Waals surface area contributed by atoms with Crippen LogP contribution in [-0.2, 0) is 6.54 Å². The first kappa shape index (κ1) is 13.9. The van der Waals surface area contributed by atoms with Crippen molar-refractivity contribution in [2.45, 2.75) is 6.54 Å². The number of hydrogen-bond donors (Lipinski definition) is 1. The summed E-state index contributed by atoms with van der Waals surface area (Å²) in [5.74, 6) is 2.10. The van der Waals surface area contributed by atoms with Crippen LogP contribution in [0.2, 0.25) is 10.0 Å². The first-order chi connectivity index (χ1) is 7.74. The van der Waals surface area contributed by atoms with Gasteiger partial charge in [0.15, 0.2) is 0 Å². The van der Waals surface area contributed by atoms with Crippen molar-refractivity contribution in [2.24, 2.45) is 0 Å². The molecule has 0 aliphatic rings. The number of benzene rings is 1. The Morgan fingerprint density at radius 2 is 2.12 bits per heavy atom. The minimum atomic E-state index is 0.604. The van der Waals surface area contributed by atoms with E-state index >= 15 is 0 Å². The third kappa shape index (κ3) is 5.26. The summed E-state index contributed by atoms with van der Waals surface area (Å²) in [6.07, 6.45) is 1.92. The molecule has 0 bridgehead atoms. The SMILES string of the molecule is C=CCSCCNCc1ccc(Cl)c(Cl)c1. The predicted octanol–water partition coefficient (Wildman–Crippen LogP) is 4.00. The minimum Gasteiger partial charge on any atom is -0.312 e. The Morgan fingerprint density at radius 3 is 2.81 bits per heavy atom. The van der Waals surface area contributed by atoms with E-state index in [0.29, 0.717) is 10.0 Å². The Morgan fingerprint density at radius 1 is 1.31 bits per heavy atom. The van der Waals surface area contributed by atoms with Crippen LogP contribution in [0.4, 0.5) is 0 Å². The van der Waals surface area contributed by atoms with Gasteiger partial charge < -0.3 is 5.32 Å². The summed E-state index contributed by atoms with van der Waals surface area (Å²) in [5.41, 5.74) is 1.16. The van der Waals surface area contributed by atoms with Gasteiger partial charge in [0.05, 0.1) is 10.0 Å².